The molecular formula is C26H27ClN6O2. The van der Waals surface area contributed by atoms with Gasteiger partial charge in [0, 0.05) is 55.9 Å². The van der Waals surface area contributed by atoms with Crippen molar-refractivity contribution >= 4 is 34.7 Å². The maximum absolute atomic E-state index is 12.9. The molecule has 2 aromatic heterocycles. The van der Waals surface area contributed by atoms with Crippen LogP contribution in [0.15, 0.2) is 67.1 Å². The van der Waals surface area contributed by atoms with E-state index in [9.17, 15) is 4.79 Å². The number of nitrogens with one attached hydrogen (secondary N) is 1. The van der Waals surface area contributed by atoms with Crippen LogP contribution in [0.4, 0.5) is 17.2 Å². The fourth-order valence-corrected chi connectivity index (χ4v) is 3.89. The molecule has 0 aliphatic rings. The second-order valence-electron chi connectivity index (χ2n) is 8.41. The Morgan fingerprint density at radius 1 is 1.14 bits per heavy atom. The number of amides is 1. The van der Waals surface area contributed by atoms with Crippen LogP contribution in [0, 0.1) is 0 Å². The van der Waals surface area contributed by atoms with E-state index in [1.807, 2.05) is 69.5 Å². The largest absolute Gasteiger partial charge is 0.482 e. The maximum Gasteiger partial charge on any atom is 0.255 e. The van der Waals surface area contributed by atoms with Crippen LogP contribution in [0.3, 0.4) is 0 Å². The molecule has 0 fully saturated rings. The first-order chi connectivity index (χ1) is 16.7. The number of aryl methyl sites for hydroxylation is 1. The first kappa shape index (κ1) is 24.1. The standard InChI is InChI=1S/C26H27ClN6O2/c1-16(35-24-12-19(13-29-25(24)28)20-14-30-33(4)15-20)17-6-5-7-21(10-17)31-26(34)18-8-9-22(27)23(11-18)32(2)3/h5-16H,1-4H3,(H2,28,29)(H,31,34)/t16-/m1/s1. The van der Waals surface area contributed by atoms with Gasteiger partial charge < -0.3 is 20.7 Å². The van der Waals surface area contributed by atoms with Gasteiger partial charge in [-0.2, -0.15) is 5.10 Å². The van der Waals surface area contributed by atoms with Gasteiger partial charge >= 0.3 is 0 Å². The molecule has 4 aromatic rings. The minimum atomic E-state index is -0.337. The molecule has 0 aliphatic heterocycles. The average Bonchev–Trinajstić information content (AvgIpc) is 3.27. The summed E-state index contributed by atoms with van der Waals surface area (Å²) < 4.78 is 7.87. The van der Waals surface area contributed by atoms with Crippen molar-refractivity contribution in [3.05, 3.63) is 83.3 Å². The zero-order valence-electron chi connectivity index (χ0n) is 20.0. The van der Waals surface area contributed by atoms with Gasteiger partial charge in [0.05, 0.1) is 16.9 Å². The van der Waals surface area contributed by atoms with E-state index in [4.69, 9.17) is 22.1 Å². The number of nitrogens with zero attached hydrogens (tertiary/aromatic N) is 4. The molecule has 4 rings (SSSR count). The summed E-state index contributed by atoms with van der Waals surface area (Å²) in [6.07, 6.45) is 5.01. The zero-order chi connectivity index (χ0) is 25.1. The van der Waals surface area contributed by atoms with E-state index in [2.05, 4.69) is 15.4 Å². The lowest BCUT2D eigenvalue weighted by molar-refractivity contribution is 0.102. The van der Waals surface area contributed by atoms with E-state index < -0.39 is 0 Å². The summed E-state index contributed by atoms with van der Waals surface area (Å²) in [6, 6.07) is 14.5. The summed E-state index contributed by atoms with van der Waals surface area (Å²) in [6.45, 7) is 1.92. The third kappa shape index (κ3) is 5.55. The average molecular weight is 491 g/mol. The molecule has 0 bridgehead atoms. The Morgan fingerprint density at radius 2 is 1.94 bits per heavy atom. The number of hydrogen-bond donors (Lipinski definition) is 2. The Labute approximate surface area is 209 Å². The highest BCUT2D eigenvalue weighted by molar-refractivity contribution is 6.33. The summed E-state index contributed by atoms with van der Waals surface area (Å²) in [4.78, 5) is 19.0. The summed E-state index contributed by atoms with van der Waals surface area (Å²) in [5, 5.41) is 7.73. The monoisotopic (exact) mass is 490 g/mol. The third-order valence-electron chi connectivity index (χ3n) is 5.53. The molecule has 0 radical (unpaired) electrons. The van der Waals surface area contributed by atoms with Crippen LogP contribution in [0.2, 0.25) is 5.02 Å². The van der Waals surface area contributed by atoms with Crippen molar-refractivity contribution in [2.24, 2.45) is 7.05 Å². The lowest BCUT2D eigenvalue weighted by Gasteiger charge is -2.18. The molecule has 1 atom stereocenters. The van der Waals surface area contributed by atoms with E-state index in [-0.39, 0.29) is 12.0 Å². The fourth-order valence-electron chi connectivity index (χ4n) is 3.61. The predicted octanol–water partition coefficient (Wildman–Crippen LogP) is 5.18. The van der Waals surface area contributed by atoms with Crippen LogP contribution in [-0.4, -0.2) is 34.8 Å². The van der Waals surface area contributed by atoms with E-state index in [1.54, 1.807) is 35.3 Å². The topological polar surface area (TPSA) is 98.3 Å². The minimum Gasteiger partial charge on any atom is -0.482 e. The Morgan fingerprint density at radius 3 is 2.66 bits per heavy atom. The first-order valence-electron chi connectivity index (χ1n) is 11.0. The molecule has 180 valence electrons. The molecule has 1 amide bonds. The number of ether oxygens (including phenoxy) is 1. The van der Waals surface area contributed by atoms with Gasteiger partial charge in [-0.15, -0.1) is 0 Å². The quantitative estimate of drug-likeness (QED) is 0.370. The van der Waals surface area contributed by atoms with E-state index in [0.717, 1.165) is 22.4 Å². The van der Waals surface area contributed by atoms with Gasteiger partial charge in [0.1, 0.15) is 6.10 Å². The molecule has 35 heavy (non-hydrogen) atoms. The number of halogens is 1. The van der Waals surface area contributed by atoms with Gasteiger partial charge in [0.25, 0.3) is 5.91 Å². The van der Waals surface area contributed by atoms with Crippen molar-refractivity contribution in [3.8, 4) is 16.9 Å². The molecule has 0 spiro atoms. The van der Waals surface area contributed by atoms with E-state index in [0.29, 0.717) is 27.8 Å². The predicted molar refractivity (Wildman–Crippen MR) is 140 cm³/mol. The van der Waals surface area contributed by atoms with Crippen molar-refractivity contribution in [1.82, 2.24) is 14.8 Å². The smallest absolute Gasteiger partial charge is 0.255 e. The number of aromatic nitrogens is 3. The van der Waals surface area contributed by atoms with Gasteiger partial charge in [-0.05, 0) is 48.9 Å². The van der Waals surface area contributed by atoms with Crippen molar-refractivity contribution in [2.75, 3.05) is 30.0 Å². The molecular weight excluding hydrogens is 464 g/mol. The molecule has 9 heteroatoms. The van der Waals surface area contributed by atoms with Crippen molar-refractivity contribution < 1.29 is 9.53 Å². The van der Waals surface area contributed by atoms with Crippen LogP contribution in [0.25, 0.3) is 11.1 Å². The second-order valence-corrected chi connectivity index (χ2v) is 8.82. The Kier molecular flexibility index (Phi) is 6.93. The highest BCUT2D eigenvalue weighted by Crippen LogP contribution is 2.31. The summed E-state index contributed by atoms with van der Waals surface area (Å²) >= 11 is 6.23. The highest BCUT2D eigenvalue weighted by atomic mass is 35.5. The van der Waals surface area contributed by atoms with E-state index in [1.165, 1.54) is 0 Å². The maximum atomic E-state index is 12.9. The third-order valence-corrected chi connectivity index (χ3v) is 5.85. The van der Waals surface area contributed by atoms with Gasteiger partial charge in [-0.1, -0.05) is 23.7 Å². The number of rotatable bonds is 7. The molecule has 3 N–H and O–H groups in total. The number of carbonyl (C=O) groups excluding carboxylic acids is 1. The van der Waals surface area contributed by atoms with Gasteiger partial charge in [0.15, 0.2) is 11.6 Å². The normalized spacial score (nSPS) is 11.7. The zero-order valence-corrected chi connectivity index (χ0v) is 20.7. The molecule has 0 saturated heterocycles. The number of nitrogens with two attached hydrogens (primary N) is 1. The first-order valence-corrected chi connectivity index (χ1v) is 11.4. The number of carbonyl (C=O) groups is 1. The lowest BCUT2D eigenvalue weighted by Crippen LogP contribution is -2.15. The molecule has 2 heterocycles. The van der Waals surface area contributed by atoms with E-state index >= 15 is 0 Å². The number of nitrogen functional groups attached to an aromatic ring is 1. The summed E-state index contributed by atoms with van der Waals surface area (Å²) in [5.41, 5.74) is 10.7. The lowest BCUT2D eigenvalue weighted by atomic mass is 10.1. The van der Waals surface area contributed by atoms with Gasteiger partial charge in [0.2, 0.25) is 0 Å². The molecule has 0 saturated carbocycles. The van der Waals surface area contributed by atoms with Crippen molar-refractivity contribution in [1.29, 1.82) is 0 Å². The number of benzene rings is 2. The molecule has 2 aromatic carbocycles. The molecule has 8 nitrogen and oxygen atoms in total. The van der Waals surface area contributed by atoms with Crippen LogP contribution in [0.1, 0.15) is 28.9 Å². The minimum absolute atomic E-state index is 0.229. The number of pyridine rings is 1. The summed E-state index contributed by atoms with van der Waals surface area (Å²) in [7, 11) is 5.61. The van der Waals surface area contributed by atoms with Crippen LogP contribution in [-0.2, 0) is 7.05 Å². The fraction of sp³-hybridized carbons (Fsp3) is 0.192. The van der Waals surface area contributed by atoms with Gasteiger partial charge in [-0.25, -0.2) is 4.98 Å². The summed E-state index contributed by atoms with van der Waals surface area (Å²) in [5.74, 6) is 0.548. The number of anilines is 3. The highest BCUT2D eigenvalue weighted by Gasteiger charge is 2.15. The van der Waals surface area contributed by atoms with Crippen molar-refractivity contribution in [3.63, 3.8) is 0 Å². The van der Waals surface area contributed by atoms with Gasteiger partial charge in [-0.3, -0.25) is 9.48 Å². The SMILES string of the molecule is C[C@@H](Oc1cc(-c2cnn(C)c2)cnc1N)c1cccc(NC(=O)c2ccc(Cl)c(N(C)C)c2)c1. The Balaban J connectivity index is 1.50. The van der Waals surface area contributed by atoms with Crippen LogP contribution < -0.4 is 20.7 Å². The molecule has 0 aliphatic carbocycles. The van der Waals surface area contributed by atoms with Crippen LogP contribution in [0.5, 0.6) is 5.75 Å². The Hall–Kier alpha value is -4.04. The Bertz CT molecular complexity index is 1370. The molecule has 0 unspecified atom stereocenters. The second kappa shape index (κ2) is 10.1. The number of hydrogen-bond acceptors (Lipinski definition) is 6. The van der Waals surface area contributed by atoms with Crippen molar-refractivity contribution in [2.45, 2.75) is 13.0 Å². The van der Waals surface area contributed by atoms with Crippen LogP contribution >= 0.6 is 11.6 Å².